The van der Waals surface area contributed by atoms with Crippen molar-refractivity contribution >= 4 is 23.4 Å². The summed E-state index contributed by atoms with van der Waals surface area (Å²) in [7, 11) is 0. The minimum absolute atomic E-state index is 0.145. The SMILES string of the molecule is O=C1CCCC(c2ccc(C(=O)O)cc2Cl)C1. The number of Topliss-reactive ketones (excluding diaryl/α,β-unsaturated/α-hetero) is 1. The van der Waals surface area contributed by atoms with E-state index in [9.17, 15) is 9.59 Å². The first-order chi connectivity index (χ1) is 8.08. The molecule has 0 heterocycles. The first-order valence-electron chi connectivity index (χ1n) is 5.62. The maximum atomic E-state index is 11.4. The maximum absolute atomic E-state index is 11.4. The van der Waals surface area contributed by atoms with Crippen molar-refractivity contribution in [3.05, 3.63) is 34.3 Å². The smallest absolute Gasteiger partial charge is 0.335 e. The summed E-state index contributed by atoms with van der Waals surface area (Å²) in [6.07, 6.45) is 3.01. The zero-order valence-corrected chi connectivity index (χ0v) is 10.0. The van der Waals surface area contributed by atoms with Gasteiger partial charge in [-0.2, -0.15) is 0 Å². The molecule has 0 aliphatic heterocycles. The first kappa shape index (κ1) is 12.1. The van der Waals surface area contributed by atoms with Crippen LogP contribution in [-0.4, -0.2) is 16.9 Å². The van der Waals surface area contributed by atoms with Crippen LogP contribution >= 0.6 is 11.6 Å². The third kappa shape index (κ3) is 2.67. The van der Waals surface area contributed by atoms with Crippen molar-refractivity contribution in [3.63, 3.8) is 0 Å². The minimum atomic E-state index is -0.988. The predicted molar refractivity (Wildman–Crippen MR) is 64.6 cm³/mol. The molecule has 4 heteroatoms. The van der Waals surface area contributed by atoms with E-state index < -0.39 is 5.97 Å². The van der Waals surface area contributed by atoms with Crippen LogP contribution in [0.25, 0.3) is 0 Å². The third-order valence-corrected chi connectivity index (χ3v) is 3.50. The maximum Gasteiger partial charge on any atom is 0.335 e. The standard InChI is InChI=1S/C13H13ClO3/c14-12-7-9(13(16)17)4-5-11(12)8-2-1-3-10(15)6-8/h4-5,7-8H,1-3,6H2,(H,16,17). The van der Waals surface area contributed by atoms with Gasteiger partial charge >= 0.3 is 5.97 Å². The van der Waals surface area contributed by atoms with Crippen LogP contribution in [0.3, 0.4) is 0 Å². The summed E-state index contributed by atoms with van der Waals surface area (Å²) in [5, 5.41) is 9.29. The van der Waals surface area contributed by atoms with Gasteiger partial charge in [-0.05, 0) is 36.5 Å². The summed E-state index contributed by atoms with van der Waals surface area (Å²) in [6.45, 7) is 0. The van der Waals surface area contributed by atoms with E-state index in [0.717, 1.165) is 18.4 Å². The molecule has 1 aromatic rings. The molecule has 1 aliphatic rings. The molecule has 0 spiro atoms. The molecular formula is C13H13ClO3. The molecule has 1 saturated carbocycles. The van der Waals surface area contributed by atoms with Crippen molar-refractivity contribution in [1.29, 1.82) is 0 Å². The Labute approximate surface area is 104 Å². The summed E-state index contributed by atoms with van der Waals surface area (Å²) in [5.74, 6) is -0.579. The fourth-order valence-electron chi connectivity index (χ4n) is 2.28. The molecule has 1 fully saturated rings. The number of hydrogen-bond donors (Lipinski definition) is 1. The van der Waals surface area contributed by atoms with Gasteiger partial charge in [-0.15, -0.1) is 0 Å². The molecule has 1 atom stereocenters. The van der Waals surface area contributed by atoms with Crippen LogP contribution in [0.4, 0.5) is 0 Å². The van der Waals surface area contributed by atoms with Gasteiger partial charge in [0.15, 0.2) is 0 Å². The molecule has 17 heavy (non-hydrogen) atoms. The van der Waals surface area contributed by atoms with Crippen molar-refractivity contribution in [3.8, 4) is 0 Å². The average Bonchev–Trinajstić information content (AvgIpc) is 2.28. The number of halogens is 1. The Morgan fingerprint density at radius 3 is 2.76 bits per heavy atom. The topological polar surface area (TPSA) is 54.4 Å². The summed E-state index contributed by atoms with van der Waals surface area (Å²) in [6, 6.07) is 4.73. The number of carboxylic acid groups (broad SMARTS) is 1. The van der Waals surface area contributed by atoms with E-state index in [2.05, 4.69) is 0 Å². The lowest BCUT2D eigenvalue weighted by Gasteiger charge is -2.22. The largest absolute Gasteiger partial charge is 0.478 e. The van der Waals surface area contributed by atoms with E-state index in [4.69, 9.17) is 16.7 Å². The van der Waals surface area contributed by atoms with Crippen molar-refractivity contribution in [2.45, 2.75) is 31.6 Å². The number of rotatable bonds is 2. The Morgan fingerprint density at radius 2 is 2.18 bits per heavy atom. The number of benzene rings is 1. The minimum Gasteiger partial charge on any atom is -0.478 e. The molecule has 90 valence electrons. The fourth-order valence-corrected chi connectivity index (χ4v) is 2.62. The summed E-state index contributed by atoms with van der Waals surface area (Å²) in [4.78, 5) is 22.2. The van der Waals surface area contributed by atoms with Crippen molar-refractivity contribution < 1.29 is 14.7 Å². The van der Waals surface area contributed by atoms with E-state index in [-0.39, 0.29) is 17.3 Å². The van der Waals surface area contributed by atoms with Gasteiger partial charge in [0.05, 0.1) is 5.56 Å². The molecule has 1 N–H and O–H groups in total. The second-order valence-corrected chi connectivity index (χ2v) is 4.78. The number of aromatic carboxylic acids is 1. The highest BCUT2D eigenvalue weighted by Gasteiger charge is 2.23. The van der Waals surface area contributed by atoms with Crippen LogP contribution in [0.2, 0.25) is 5.02 Å². The second kappa shape index (κ2) is 4.88. The fraction of sp³-hybridized carbons (Fsp3) is 0.385. The van der Waals surface area contributed by atoms with Crippen LogP contribution < -0.4 is 0 Å². The molecule has 0 aromatic heterocycles. The highest BCUT2D eigenvalue weighted by molar-refractivity contribution is 6.31. The lowest BCUT2D eigenvalue weighted by Crippen LogP contribution is -2.14. The molecule has 0 amide bonds. The van der Waals surface area contributed by atoms with E-state index in [1.165, 1.54) is 6.07 Å². The summed E-state index contributed by atoms with van der Waals surface area (Å²) < 4.78 is 0. The van der Waals surface area contributed by atoms with Crippen LogP contribution in [0.5, 0.6) is 0 Å². The van der Waals surface area contributed by atoms with Crippen molar-refractivity contribution in [2.24, 2.45) is 0 Å². The molecule has 0 bridgehead atoms. The van der Waals surface area contributed by atoms with E-state index in [1.807, 2.05) is 0 Å². The van der Waals surface area contributed by atoms with Gasteiger partial charge < -0.3 is 5.11 Å². The Kier molecular flexibility index (Phi) is 3.48. The predicted octanol–water partition coefficient (Wildman–Crippen LogP) is 3.26. The molecule has 1 aliphatic carbocycles. The van der Waals surface area contributed by atoms with Gasteiger partial charge in [-0.1, -0.05) is 17.7 Å². The lowest BCUT2D eigenvalue weighted by molar-refractivity contribution is -0.120. The molecular weight excluding hydrogens is 240 g/mol. The van der Waals surface area contributed by atoms with Gasteiger partial charge in [0.25, 0.3) is 0 Å². The summed E-state index contributed by atoms with van der Waals surface area (Å²) >= 11 is 6.08. The zero-order valence-electron chi connectivity index (χ0n) is 9.28. The lowest BCUT2D eigenvalue weighted by atomic mass is 9.83. The summed E-state index contributed by atoms with van der Waals surface area (Å²) in [5.41, 5.74) is 1.07. The molecule has 1 unspecified atom stereocenters. The number of ketones is 1. The van der Waals surface area contributed by atoms with E-state index >= 15 is 0 Å². The second-order valence-electron chi connectivity index (χ2n) is 4.37. The van der Waals surface area contributed by atoms with Gasteiger partial charge in [0.1, 0.15) is 5.78 Å². The highest BCUT2D eigenvalue weighted by atomic mass is 35.5. The Balaban J connectivity index is 2.26. The van der Waals surface area contributed by atoms with Crippen LogP contribution in [0, 0.1) is 0 Å². The van der Waals surface area contributed by atoms with Gasteiger partial charge in [0.2, 0.25) is 0 Å². The molecule has 1 aromatic carbocycles. The molecule has 2 rings (SSSR count). The van der Waals surface area contributed by atoms with Crippen molar-refractivity contribution in [1.82, 2.24) is 0 Å². The first-order valence-corrected chi connectivity index (χ1v) is 6.00. The Morgan fingerprint density at radius 1 is 1.41 bits per heavy atom. The molecule has 3 nitrogen and oxygen atoms in total. The van der Waals surface area contributed by atoms with Crippen LogP contribution in [0.15, 0.2) is 18.2 Å². The van der Waals surface area contributed by atoms with E-state index in [0.29, 0.717) is 17.9 Å². The number of hydrogen-bond acceptors (Lipinski definition) is 2. The number of carbonyl (C=O) groups excluding carboxylic acids is 1. The van der Waals surface area contributed by atoms with Gasteiger partial charge in [-0.3, -0.25) is 4.79 Å². The third-order valence-electron chi connectivity index (χ3n) is 3.17. The number of carboxylic acids is 1. The Bertz CT molecular complexity index is 468. The zero-order chi connectivity index (χ0) is 12.4. The van der Waals surface area contributed by atoms with E-state index in [1.54, 1.807) is 12.1 Å². The van der Waals surface area contributed by atoms with Crippen LogP contribution in [0.1, 0.15) is 47.5 Å². The normalized spacial score (nSPS) is 20.3. The Hall–Kier alpha value is -1.35. The monoisotopic (exact) mass is 252 g/mol. The molecule has 0 radical (unpaired) electrons. The van der Waals surface area contributed by atoms with Gasteiger partial charge in [-0.25, -0.2) is 4.79 Å². The van der Waals surface area contributed by atoms with Gasteiger partial charge in [0, 0.05) is 17.9 Å². The number of carbonyl (C=O) groups is 2. The van der Waals surface area contributed by atoms with Crippen LogP contribution in [-0.2, 0) is 4.79 Å². The highest BCUT2D eigenvalue weighted by Crippen LogP contribution is 2.35. The quantitative estimate of drug-likeness (QED) is 0.879. The average molecular weight is 253 g/mol. The van der Waals surface area contributed by atoms with Crippen molar-refractivity contribution in [2.75, 3.05) is 0 Å². The molecule has 0 saturated heterocycles.